The van der Waals surface area contributed by atoms with E-state index in [2.05, 4.69) is 31.3 Å². The van der Waals surface area contributed by atoms with E-state index in [1.807, 2.05) is 21.1 Å². The molecule has 3 atom stereocenters. The number of aliphatic hydroxyl groups is 1. The van der Waals surface area contributed by atoms with E-state index >= 15 is 0 Å². The molecule has 0 aliphatic heterocycles. The van der Waals surface area contributed by atoms with Crippen LogP contribution >= 0.6 is 7.82 Å². The Morgan fingerprint density at radius 3 is 1.40 bits per heavy atom. The number of phosphoric ester groups is 1. The van der Waals surface area contributed by atoms with Crippen LogP contribution in [0.2, 0.25) is 0 Å². The first-order valence-electron chi connectivity index (χ1n) is 23.6. The highest BCUT2D eigenvalue weighted by atomic mass is 31.2. The lowest BCUT2D eigenvalue weighted by molar-refractivity contribution is -0.870. The first kappa shape index (κ1) is 54.2. The lowest BCUT2D eigenvalue weighted by Crippen LogP contribution is -2.46. The highest BCUT2D eigenvalue weighted by Crippen LogP contribution is 2.43. The van der Waals surface area contributed by atoms with Crippen molar-refractivity contribution in [2.24, 2.45) is 0 Å². The second kappa shape index (κ2) is 38.7. The molecular weight excluding hydrogens is 707 g/mol. The number of aliphatic hydroxyl groups excluding tert-OH is 1. The SMILES string of the molecule is CCCCCCCCCC/C=C/CCCC[C@@H](O)[C@H](COP(=O)(O)OCC[N+](C)(C)C)NC(=O)CCCCCCCCCCCCCCCCCCCCC. The summed E-state index contributed by atoms with van der Waals surface area (Å²) >= 11 is 0. The van der Waals surface area contributed by atoms with Crippen LogP contribution in [0, 0.1) is 0 Å². The van der Waals surface area contributed by atoms with Crippen molar-refractivity contribution in [3.05, 3.63) is 12.2 Å². The van der Waals surface area contributed by atoms with Crippen LogP contribution in [0.25, 0.3) is 0 Å². The van der Waals surface area contributed by atoms with Crippen molar-refractivity contribution in [3.63, 3.8) is 0 Å². The van der Waals surface area contributed by atoms with Gasteiger partial charge in [0.15, 0.2) is 0 Å². The number of amides is 1. The van der Waals surface area contributed by atoms with Crippen LogP contribution < -0.4 is 5.32 Å². The second-order valence-electron chi connectivity index (χ2n) is 17.5. The minimum Gasteiger partial charge on any atom is -0.391 e. The van der Waals surface area contributed by atoms with Crippen LogP contribution in [0.3, 0.4) is 0 Å². The molecule has 0 saturated carbocycles. The molecule has 0 aliphatic rings. The molecule has 55 heavy (non-hydrogen) atoms. The number of allylic oxidation sites excluding steroid dienone is 2. The molecular formula is C46H94N2O6P+. The molecule has 0 heterocycles. The maximum absolute atomic E-state index is 12.9. The third-order valence-electron chi connectivity index (χ3n) is 10.8. The summed E-state index contributed by atoms with van der Waals surface area (Å²) in [6.07, 6.45) is 43.8. The van der Waals surface area contributed by atoms with Gasteiger partial charge in [0.2, 0.25) is 5.91 Å². The molecule has 1 unspecified atom stereocenters. The quantitative estimate of drug-likeness (QED) is 0.0245. The zero-order valence-electron chi connectivity index (χ0n) is 37.2. The number of hydrogen-bond donors (Lipinski definition) is 3. The van der Waals surface area contributed by atoms with E-state index < -0.39 is 20.0 Å². The summed E-state index contributed by atoms with van der Waals surface area (Å²) in [5.74, 6) is -0.151. The molecule has 8 nitrogen and oxygen atoms in total. The number of carbonyl (C=O) groups excluding carboxylic acids is 1. The largest absolute Gasteiger partial charge is 0.472 e. The number of likely N-dealkylation sites (N-methyl/N-ethyl adjacent to an activating group) is 1. The average Bonchev–Trinajstić information content (AvgIpc) is 3.13. The van der Waals surface area contributed by atoms with Crippen LogP contribution in [0.4, 0.5) is 0 Å². The maximum Gasteiger partial charge on any atom is 0.472 e. The molecule has 0 spiro atoms. The number of carbonyl (C=O) groups is 1. The Morgan fingerprint density at radius 2 is 0.982 bits per heavy atom. The summed E-state index contributed by atoms with van der Waals surface area (Å²) < 4.78 is 23.6. The van der Waals surface area contributed by atoms with Gasteiger partial charge in [-0.15, -0.1) is 0 Å². The van der Waals surface area contributed by atoms with Crippen molar-refractivity contribution in [1.82, 2.24) is 5.32 Å². The van der Waals surface area contributed by atoms with Gasteiger partial charge in [-0.25, -0.2) is 4.57 Å². The van der Waals surface area contributed by atoms with Gasteiger partial charge < -0.3 is 19.8 Å². The van der Waals surface area contributed by atoms with E-state index in [0.29, 0.717) is 23.9 Å². The zero-order chi connectivity index (χ0) is 40.7. The van der Waals surface area contributed by atoms with Crippen LogP contribution in [-0.2, 0) is 18.4 Å². The fourth-order valence-corrected chi connectivity index (χ4v) is 7.72. The maximum atomic E-state index is 12.9. The predicted octanol–water partition coefficient (Wildman–Crippen LogP) is 13.1. The first-order valence-corrected chi connectivity index (χ1v) is 25.0. The van der Waals surface area contributed by atoms with E-state index in [9.17, 15) is 19.4 Å². The van der Waals surface area contributed by atoms with Crippen LogP contribution in [0.1, 0.15) is 226 Å². The molecule has 0 fully saturated rings. The Bertz CT molecular complexity index is 911. The normalized spacial score (nSPS) is 14.4. The average molecular weight is 802 g/mol. The number of nitrogens with zero attached hydrogens (tertiary/aromatic N) is 1. The van der Waals surface area contributed by atoms with Crippen molar-refractivity contribution < 1.29 is 32.9 Å². The van der Waals surface area contributed by atoms with Crippen molar-refractivity contribution in [2.75, 3.05) is 40.9 Å². The topological polar surface area (TPSA) is 105 Å². The fourth-order valence-electron chi connectivity index (χ4n) is 6.98. The minimum atomic E-state index is -4.32. The number of unbranched alkanes of at least 4 members (excludes halogenated alkanes) is 28. The van der Waals surface area contributed by atoms with E-state index in [4.69, 9.17) is 9.05 Å². The Kier molecular flexibility index (Phi) is 38.2. The minimum absolute atomic E-state index is 0.0722. The first-order chi connectivity index (χ1) is 26.5. The summed E-state index contributed by atoms with van der Waals surface area (Å²) in [5.41, 5.74) is 0. The Hall–Kier alpha value is -0.760. The van der Waals surface area contributed by atoms with Crippen molar-refractivity contribution in [3.8, 4) is 0 Å². The van der Waals surface area contributed by atoms with E-state index in [-0.39, 0.29) is 19.1 Å². The zero-order valence-corrected chi connectivity index (χ0v) is 38.1. The van der Waals surface area contributed by atoms with Gasteiger partial charge in [-0.1, -0.05) is 193 Å². The number of phosphoric acid groups is 1. The van der Waals surface area contributed by atoms with Gasteiger partial charge in [-0.05, 0) is 38.5 Å². The number of hydrogen-bond acceptors (Lipinski definition) is 5. The molecule has 0 saturated heterocycles. The van der Waals surface area contributed by atoms with Crippen LogP contribution in [0.15, 0.2) is 12.2 Å². The summed E-state index contributed by atoms with van der Waals surface area (Å²) in [6, 6.07) is -0.771. The standard InChI is InChI=1S/C46H93N2O6P/c1-6-8-10-12-14-16-18-20-22-23-24-25-26-28-30-32-34-36-38-40-46(50)47-44(43-54-55(51,52)53-42-41-48(3,4)5)45(49)39-37-35-33-31-29-27-21-19-17-15-13-11-9-7-2/h29,31,44-45,49H,6-28,30,32-43H2,1-5H3,(H-,47,50,51,52)/p+1/b31-29+/t44-,45+/m0/s1. The summed E-state index contributed by atoms with van der Waals surface area (Å²) in [5, 5.41) is 13.9. The third kappa shape index (κ3) is 41.2. The molecule has 0 rings (SSSR count). The number of rotatable bonds is 43. The highest BCUT2D eigenvalue weighted by Gasteiger charge is 2.28. The molecule has 9 heteroatoms. The van der Waals surface area contributed by atoms with Gasteiger partial charge in [0.25, 0.3) is 0 Å². The third-order valence-corrected chi connectivity index (χ3v) is 11.7. The van der Waals surface area contributed by atoms with Gasteiger partial charge in [-0.3, -0.25) is 13.8 Å². The second-order valence-corrected chi connectivity index (χ2v) is 18.9. The van der Waals surface area contributed by atoms with Crippen molar-refractivity contribution in [2.45, 2.75) is 238 Å². The monoisotopic (exact) mass is 802 g/mol. The molecule has 1 amide bonds. The molecule has 0 aromatic carbocycles. The van der Waals surface area contributed by atoms with E-state index in [0.717, 1.165) is 44.9 Å². The molecule has 0 aromatic heterocycles. The van der Waals surface area contributed by atoms with Crippen molar-refractivity contribution >= 4 is 13.7 Å². The van der Waals surface area contributed by atoms with Crippen molar-refractivity contribution in [1.29, 1.82) is 0 Å². The molecule has 0 aromatic rings. The molecule has 3 N–H and O–H groups in total. The lowest BCUT2D eigenvalue weighted by atomic mass is 10.0. The number of quaternary nitrogens is 1. The molecule has 0 radical (unpaired) electrons. The lowest BCUT2D eigenvalue weighted by Gasteiger charge is -2.26. The molecule has 0 aliphatic carbocycles. The van der Waals surface area contributed by atoms with E-state index in [1.54, 1.807) is 0 Å². The van der Waals surface area contributed by atoms with Crippen LogP contribution in [0.5, 0.6) is 0 Å². The van der Waals surface area contributed by atoms with E-state index in [1.165, 1.54) is 154 Å². The van der Waals surface area contributed by atoms with Crippen LogP contribution in [-0.4, -0.2) is 73.4 Å². The van der Waals surface area contributed by atoms with Gasteiger partial charge in [0, 0.05) is 6.42 Å². The fraction of sp³-hybridized carbons (Fsp3) is 0.935. The van der Waals surface area contributed by atoms with Gasteiger partial charge >= 0.3 is 7.82 Å². The Morgan fingerprint density at radius 1 is 0.600 bits per heavy atom. The van der Waals surface area contributed by atoms with Gasteiger partial charge in [-0.2, -0.15) is 0 Å². The summed E-state index contributed by atoms with van der Waals surface area (Å²) in [4.78, 5) is 23.2. The summed E-state index contributed by atoms with van der Waals surface area (Å²) in [6.45, 7) is 4.88. The smallest absolute Gasteiger partial charge is 0.391 e. The molecule has 328 valence electrons. The van der Waals surface area contributed by atoms with Gasteiger partial charge in [0.05, 0.1) is 39.9 Å². The van der Waals surface area contributed by atoms with Gasteiger partial charge in [0.1, 0.15) is 13.2 Å². The highest BCUT2D eigenvalue weighted by molar-refractivity contribution is 7.47. The molecule has 0 bridgehead atoms. The number of nitrogens with one attached hydrogen (secondary N) is 1. The Balaban J connectivity index is 4.30. The summed E-state index contributed by atoms with van der Waals surface area (Å²) in [7, 11) is 1.61. The predicted molar refractivity (Wildman–Crippen MR) is 235 cm³/mol. The Labute approximate surface area is 342 Å².